The predicted octanol–water partition coefficient (Wildman–Crippen LogP) is 3.89. The number of H-pyrrole nitrogens is 1. The highest BCUT2D eigenvalue weighted by Gasteiger charge is 2.13. The number of anilines is 1. The molecule has 4 rings (SSSR count). The van der Waals surface area contributed by atoms with Gasteiger partial charge >= 0.3 is 0 Å². The number of hydrogen-bond acceptors (Lipinski definition) is 5. The van der Waals surface area contributed by atoms with Gasteiger partial charge in [0.2, 0.25) is 0 Å². The summed E-state index contributed by atoms with van der Waals surface area (Å²) >= 11 is 0. The van der Waals surface area contributed by atoms with Gasteiger partial charge in [-0.3, -0.25) is 9.89 Å². The first-order valence-corrected chi connectivity index (χ1v) is 7.62. The molecule has 0 saturated carbocycles. The van der Waals surface area contributed by atoms with E-state index >= 15 is 0 Å². The number of carbonyl (C=O) groups is 1. The van der Waals surface area contributed by atoms with Crippen LogP contribution >= 0.6 is 0 Å². The zero-order valence-corrected chi connectivity index (χ0v) is 13.3. The van der Waals surface area contributed by atoms with Crippen molar-refractivity contribution in [3.8, 4) is 22.8 Å². The third-order valence-electron chi connectivity index (χ3n) is 3.65. The van der Waals surface area contributed by atoms with Crippen molar-refractivity contribution in [2.24, 2.45) is 0 Å². The Bertz CT molecular complexity index is 997. The number of rotatable bonds is 4. The van der Waals surface area contributed by atoms with Gasteiger partial charge in [0, 0.05) is 24.2 Å². The molecule has 0 aliphatic carbocycles. The van der Waals surface area contributed by atoms with Gasteiger partial charge in [0.25, 0.3) is 5.91 Å². The van der Waals surface area contributed by atoms with E-state index in [0.717, 1.165) is 5.56 Å². The molecule has 0 saturated heterocycles. The van der Waals surface area contributed by atoms with E-state index in [2.05, 4.69) is 20.5 Å². The normalized spacial score (nSPS) is 10.8. The highest BCUT2D eigenvalue weighted by atomic mass is 16.4. The number of benzene rings is 1. The number of aromatic amines is 1. The minimum atomic E-state index is -0.308. The Labute approximate surface area is 142 Å². The van der Waals surface area contributed by atoms with Crippen LogP contribution in [0.4, 0.5) is 5.69 Å². The van der Waals surface area contributed by atoms with Gasteiger partial charge in [-0.25, -0.2) is 4.98 Å². The quantitative estimate of drug-likeness (QED) is 0.590. The minimum Gasteiger partial charge on any atom is -0.463 e. The molecule has 2 N–H and O–H groups in total. The number of oxazole rings is 1. The fourth-order valence-corrected chi connectivity index (χ4v) is 2.40. The molecule has 0 aliphatic heterocycles. The van der Waals surface area contributed by atoms with Gasteiger partial charge in [-0.1, -0.05) is 0 Å². The first kappa shape index (κ1) is 14.9. The van der Waals surface area contributed by atoms with Gasteiger partial charge in [0.1, 0.15) is 5.69 Å². The molecule has 0 spiro atoms. The molecule has 3 aromatic heterocycles. The fraction of sp³-hybridized carbons (Fsp3) is 0.0556. The summed E-state index contributed by atoms with van der Waals surface area (Å²) in [6, 6.07) is 12.5. The number of hydrogen-bond donors (Lipinski definition) is 2. The van der Waals surface area contributed by atoms with Crippen LogP contribution in [0.2, 0.25) is 0 Å². The van der Waals surface area contributed by atoms with E-state index in [1.54, 1.807) is 49.7 Å². The zero-order valence-electron chi connectivity index (χ0n) is 13.3. The van der Waals surface area contributed by atoms with Crippen molar-refractivity contribution in [1.82, 2.24) is 15.2 Å². The Morgan fingerprint density at radius 3 is 2.68 bits per heavy atom. The van der Waals surface area contributed by atoms with Crippen LogP contribution in [0.25, 0.3) is 22.8 Å². The van der Waals surface area contributed by atoms with E-state index in [1.807, 2.05) is 12.1 Å². The number of furan rings is 1. The Kier molecular flexibility index (Phi) is 3.66. The van der Waals surface area contributed by atoms with Gasteiger partial charge in [-0.05, 0) is 36.4 Å². The summed E-state index contributed by atoms with van der Waals surface area (Å²) in [6.45, 7) is 1.79. The summed E-state index contributed by atoms with van der Waals surface area (Å²) in [6.07, 6.45) is 3.23. The maximum atomic E-state index is 12.3. The molecule has 0 aliphatic rings. The van der Waals surface area contributed by atoms with Crippen molar-refractivity contribution in [3.63, 3.8) is 0 Å². The third kappa shape index (κ3) is 3.07. The zero-order chi connectivity index (χ0) is 17.2. The lowest BCUT2D eigenvalue weighted by Crippen LogP contribution is -2.12. The molecule has 0 atom stereocenters. The smallest absolute Gasteiger partial charge is 0.276 e. The number of nitrogens with zero attached hydrogens (tertiary/aromatic N) is 2. The van der Waals surface area contributed by atoms with E-state index in [9.17, 15) is 4.79 Å². The van der Waals surface area contributed by atoms with Crippen LogP contribution < -0.4 is 5.32 Å². The average Bonchev–Trinajstić information content (AvgIpc) is 3.36. The summed E-state index contributed by atoms with van der Waals surface area (Å²) in [5.74, 6) is 1.61. The largest absolute Gasteiger partial charge is 0.463 e. The van der Waals surface area contributed by atoms with Crippen LogP contribution in [-0.4, -0.2) is 21.1 Å². The highest BCUT2D eigenvalue weighted by molar-refractivity contribution is 6.03. The number of amides is 1. The first-order chi connectivity index (χ1) is 12.2. The number of aryl methyl sites for hydroxylation is 1. The summed E-state index contributed by atoms with van der Waals surface area (Å²) in [5.41, 5.74) is 2.47. The fourth-order valence-electron chi connectivity index (χ4n) is 2.40. The maximum absolute atomic E-state index is 12.3. The molecule has 0 unspecified atom stereocenters. The van der Waals surface area contributed by atoms with Crippen LogP contribution in [0.15, 0.2) is 63.8 Å². The van der Waals surface area contributed by atoms with Gasteiger partial charge in [-0.15, -0.1) is 0 Å². The molecule has 0 bridgehead atoms. The lowest BCUT2D eigenvalue weighted by molar-refractivity contribution is 0.102. The summed E-state index contributed by atoms with van der Waals surface area (Å²) in [5, 5.41) is 9.60. The van der Waals surface area contributed by atoms with E-state index in [1.165, 1.54) is 0 Å². The van der Waals surface area contributed by atoms with Crippen molar-refractivity contribution in [2.75, 3.05) is 5.32 Å². The molecule has 0 radical (unpaired) electrons. The van der Waals surface area contributed by atoms with Crippen molar-refractivity contribution in [2.45, 2.75) is 6.92 Å². The monoisotopic (exact) mass is 334 g/mol. The molecule has 25 heavy (non-hydrogen) atoms. The second kappa shape index (κ2) is 6.12. The second-order valence-electron chi connectivity index (χ2n) is 5.42. The topological polar surface area (TPSA) is 97.0 Å². The van der Waals surface area contributed by atoms with Crippen molar-refractivity contribution in [3.05, 3.63) is 66.5 Å². The lowest BCUT2D eigenvalue weighted by Gasteiger charge is -2.03. The Morgan fingerprint density at radius 2 is 2.00 bits per heavy atom. The highest BCUT2D eigenvalue weighted by Crippen LogP contribution is 2.23. The third-order valence-corrected chi connectivity index (χ3v) is 3.65. The van der Waals surface area contributed by atoms with E-state index in [4.69, 9.17) is 8.83 Å². The van der Waals surface area contributed by atoms with Crippen LogP contribution in [0.5, 0.6) is 0 Å². The molecule has 4 aromatic rings. The Hall–Kier alpha value is -3.61. The first-order valence-electron chi connectivity index (χ1n) is 7.62. The van der Waals surface area contributed by atoms with Gasteiger partial charge in [0.15, 0.2) is 23.1 Å². The number of nitrogens with one attached hydrogen (secondary N) is 2. The molecule has 1 amide bonds. The van der Waals surface area contributed by atoms with Crippen LogP contribution in [0.1, 0.15) is 16.4 Å². The predicted molar refractivity (Wildman–Crippen MR) is 90.9 cm³/mol. The van der Waals surface area contributed by atoms with Gasteiger partial charge in [-0.2, -0.15) is 5.10 Å². The average molecular weight is 334 g/mol. The van der Waals surface area contributed by atoms with Crippen LogP contribution in [0, 0.1) is 6.92 Å². The van der Waals surface area contributed by atoms with Crippen molar-refractivity contribution in [1.29, 1.82) is 0 Å². The summed E-state index contributed by atoms with van der Waals surface area (Å²) in [4.78, 5) is 16.4. The molecule has 7 heteroatoms. The molecule has 0 fully saturated rings. The van der Waals surface area contributed by atoms with Crippen molar-refractivity contribution >= 4 is 11.6 Å². The van der Waals surface area contributed by atoms with Gasteiger partial charge < -0.3 is 14.2 Å². The Morgan fingerprint density at radius 1 is 1.16 bits per heavy atom. The SMILES string of the molecule is Cc1ncc(-c2ccc(NC(=O)c3cc(-c4ccco4)[nH]n3)cc2)o1. The maximum Gasteiger partial charge on any atom is 0.276 e. The second-order valence-corrected chi connectivity index (χ2v) is 5.42. The lowest BCUT2D eigenvalue weighted by atomic mass is 10.1. The van der Waals surface area contributed by atoms with Gasteiger partial charge in [0.05, 0.1) is 12.5 Å². The van der Waals surface area contributed by atoms with E-state index in [-0.39, 0.29) is 11.6 Å². The molecular formula is C18H14N4O3. The van der Waals surface area contributed by atoms with E-state index < -0.39 is 0 Å². The number of aromatic nitrogens is 3. The standard InChI is InChI=1S/C18H14N4O3/c1-11-19-10-17(25-11)12-4-6-13(7-5-12)20-18(23)15-9-14(21-22-15)16-3-2-8-24-16/h2-10H,1H3,(H,20,23)(H,21,22). The molecular weight excluding hydrogens is 320 g/mol. The van der Waals surface area contributed by atoms with Crippen molar-refractivity contribution < 1.29 is 13.6 Å². The Balaban J connectivity index is 1.47. The minimum absolute atomic E-state index is 0.279. The molecule has 124 valence electrons. The number of carbonyl (C=O) groups excluding carboxylic acids is 1. The van der Waals surface area contributed by atoms with Crippen LogP contribution in [0.3, 0.4) is 0 Å². The molecule has 1 aromatic carbocycles. The summed E-state index contributed by atoms with van der Waals surface area (Å²) in [7, 11) is 0. The van der Waals surface area contributed by atoms with E-state index in [0.29, 0.717) is 28.8 Å². The molecule has 7 nitrogen and oxygen atoms in total. The molecule has 3 heterocycles. The summed E-state index contributed by atoms with van der Waals surface area (Å²) < 4.78 is 10.7. The van der Waals surface area contributed by atoms with Crippen LogP contribution in [-0.2, 0) is 0 Å².